The maximum atomic E-state index is 12.4. The second kappa shape index (κ2) is 8.09. The van der Waals surface area contributed by atoms with Gasteiger partial charge in [0.25, 0.3) is 0 Å². The van der Waals surface area contributed by atoms with E-state index in [0.29, 0.717) is 10.6 Å². The first-order valence-corrected chi connectivity index (χ1v) is 9.22. The van der Waals surface area contributed by atoms with Crippen LogP contribution in [-0.2, 0) is 9.53 Å². The third-order valence-electron chi connectivity index (χ3n) is 4.28. The van der Waals surface area contributed by atoms with E-state index in [0.717, 1.165) is 31.2 Å². The zero-order valence-corrected chi connectivity index (χ0v) is 16.3. The maximum Gasteiger partial charge on any atom is 0.326 e. The maximum absolute atomic E-state index is 12.4. The first-order valence-electron chi connectivity index (χ1n) is 8.82. The molecule has 1 aliphatic rings. The fourth-order valence-electron chi connectivity index (χ4n) is 3.23. The molecule has 0 unspecified atom stereocenters. The molecule has 0 heterocycles. The van der Waals surface area contributed by atoms with Crippen molar-refractivity contribution >= 4 is 29.0 Å². The van der Waals surface area contributed by atoms with Gasteiger partial charge in [0.15, 0.2) is 5.78 Å². The Morgan fingerprint density at radius 2 is 1.72 bits per heavy atom. The topological polar surface area (TPSA) is 46.6 Å². The number of carbonyl (C=O) groups excluding carboxylic acids is 2. The minimum absolute atomic E-state index is 0.0263. The number of hydrogen-bond acceptors (Lipinski definition) is 4. The van der Waals surface area contributed by atoms with Crippen molar-refractivity contribution in [2.45, 2.75) is 65.0 Å². The van der Waals surface area contributed by atoms with Crippen LogP contribution in [0, 0.1) is 0 Å². The van der Waals surface area contributed by atoms with Gasteiger partial charge in [-0.3, -0.25) is 9.59 Å². The molecule has 0 saturated heterocycles. The van der Waals surface area contributed by atoms with Crippen LogP contribution in [0.25, 0.3) is 0 Å². The summed E-state index contributed by atoms with van der Waals surface area (Å²) in [6.07, 6.45) is 4.27. The van der Waals surface area contributed by atoms with Crippen molar-refractivity contribution in [3.8, 4) is 0 Å². The number of carbonyl (C=O) groups is 2. The highest BCUT2D eigenvalue weighted by Crippen LogP contribution is 2.26. The molecule has 0 radical (unpaired) electrons. The third-order valence-corrected chi connectivity index (χ3v) is 4.74. The van der Waals surface area contributed by atoms with E-state index in [1.54, 1.807) is 6.07 Å². The molecule has 0 aromatic heterocycles. The Morgan fingerprint density at radius 3 is 2.24 bits per heavy atom. The van der Waals surface area contributed by atoms with Gasteiger partial charge in [0.1, 0.15) is 17.1 Å². The quantitative estimate of drug-likeness (QED) is 0.448. The highest BCUT2D eigenvalue weighted by atomic mass is 32.1. The summed E-state index contributed by atoms with van der Waals surface area (Å²) in [5.41, 5.74) is 0.789. The molecular weight excluding hydrogens is 334 g/mol. The normalized spacial score (nSPS) is 15.0. The van der Waals surface area contributed by atoms with Gasteiger partial charge in [-0.2, -0.15) is 0 Å². The Kier molecular flexibility index (Phi) is 6.33. The van der Waals surface area contributed by atoms with Gasteiger partial charge in [-0.05, 0) is 40.5 Å². The van der Waals surface area contributed by atoms with Gasteiger partial charge in [-0.15, -0.1) is 0 Å². The molecule has 1 aromatic rings. The van der Waals surface area contributed by atoms with E-state index in [1.807, 2.05) is 43.9 Å². The third kappa shape index (κ3) is 5.36. The highest BCUT2D eigenvalue weighted by Gasteiger charge is 2.29. The van der Waals surface area contributed by atoms with Gasteiger partial charge in [-0.1, -0.05) is 49.3 Å². The Balaban J connectivity index is 2.28. The Hall–Kier alpha value is -1.75. The second-order valence-electron chi connectivity index (χ2n) is 7.56. The van der Waals surface area contributed by atoms with E-state index in [2.05, 4.69) is 0 Å². The van der Waals surface area contributed by atoms with Crippen LogP contribution in [-0.4, -0.2) is 39.8 Å². The van der Waals surface area contributed by atoms with Crippen molar-refractivity contribution in [2.24, 2.45) is 0 Å². The van der Waals surface area contributed by atoms with Crippen LogP contribution in [0.5, 0.6) is 0 Å². The Bertz CT molecular complexity index is 657. The monoisotopic (exact) mass is 361 g/mol. The molecule has 1 saturated carbocycles. The molecule has 0 amide bonds. The molecule has 1 fully saturated rings. The van der Waals surface area contributed by atoms with E-state index in [1.165, 1.54) is 6.92 Å². The van der Waals surface area contributed by atoms with Crippen LogP contribution in [0.15, 0.2) is 24.3 Å². The van der Waals surface area contributed by atoms with Crippen molar-refractivity contribution in [1.82, 2.24) is 4.90 Å². The van der Waals surface area contributed by atoms with Gasteiger partial charge in [0.2, 0.25) is 0 Å². The van der Waals surface area contributed by atoms with Gasteiger partial charge < -0.3 is 9.64 Å². The summed E-state index contributed by atoms with van der Waals surface area (Å²) < 4.78 is 5.48. The summed E-state index contributed by atoms with van der Waals surface area (Å²) in [5.74, 6) is -0.316. The lowest BCUT2D eigenvalue weighted by atomic mass is 10.0. The minimum atomic E-state index is -0.530. The first-order chi connectivity index (χ1) is 11.7. The summed E-state index contributed by atoms with van der Waals surface area (Å²) in [6, 6.07) is 7.56. The molecule has 5 heteroatoms. The van der Waals surface area contributed by atoms with Crippen LogP contribution in [0.4, 0.5) is 0 Å². The fourth-order valence-corrected chi connectivity index (χ4v) is 3.62. The zero-order chi connectivity index (χ0) is 18.6. The number of nitrogens with zero attached hydrogens (tertiary/aromatic N) is 1. The van der Waals surface area contributed by atoms with Crippen molar-refractivity contribution < 1.29 is 14.3 Å². The van der Waals surface area contributed by atoms with Crippen molar-refractivity contribution in [1.29, 1.82) is 0 Å². The molecule has 136 valence electrons. The summed E-state index contributed by atoms with van der Waals surface area (Å²) in [6.45, 7) is 7.22. The second-order valence-corrected chi connectivity index (χ2v) is 7.95. The first kappa shape index (κ1) is 19.6. The summed E-state index contributed by atoms with van der Waals surface area (Å²) in [5, 5.41) is 0. The van der Waals surface area contributed by atoms with Crippen LogP contribution in [0.3, 0.4) is 0 Å². The molecule has 0 aliphatic heterocycles. The Morgan fingerprint density at radius 1 is 1.16 bits per heavy atom. The van der Waals surface area contributed by atoms with E-state index >= 15 is 0 Å². The SMILES string of the molecule is CC(=O)c1ccccc1C(=S)N(CC(=O)OC(C)(C)C)C1CCCC1. The predicted octanol–water partition coefficient (Wildman–Crippen LogP) is 4.15. The molecule has 0 spiro atoms. The van der Waals surface area contributed by atoms with Crippen LogP contribution in [0.1, 0.15) is 69.3 Å². The summed E-state index contributed by atoms with van der Waals surface area (Å²) in [7, 11) is 0. The van der Waals surface area contributed by atoms with Gasteiger partial charge in [-0.25, -0.2) is 0 Å². The molecule has 0 atom stereocenters. The zero-order valence-electron chi connectivity index (χ0n) is 15.5. The molecule has 4 nitrogen and oxygen atoms in total. The number of rotatable bonds is 5. The van der Waals surface area contributed by atoms with E-state index in [4.69, 9.17) is 17.0 Å². The van der Waals surface area contributed by atoms with Gasteiger partial charge in [0.05, 0.1) is 0 Å². The largest absolute Gasteiger partial charge is 0.459 e. The highest BCUT2D eigenvalue weighted by molar-refractivity contribution is 7.80. The summed E-state index contributed by atoms with van der Waals surface area (Å²) >= 11 is 5.71. The number of ketones is 1. The lowest BCUT2D eigenvalue weighted by Crippen LogP contribution is -2.44. The minimum Gasteiger partial charge on any atom is -0.459 e. The number of ether oxygens (including phenoxy) is 1. The van der Waals surface area contributed by atoms with E-state index < -0.39 is 5.60 Å². The molecule has 1 aromatic carbocycles. The molecule has 25 heavy (non-hydrogen) atoms. The number of hydrogen-bond donors (Lipinski definition) is 0. The lowest BCUT2D eigenvalue weighted by molar-refractivity contribution is -0.155. The van der Waals surface area contributed by atoms with Crippen molar-refractivity contribution in [3.05, 3.63) is 35.4 Å². The average molecular weight is 362 g/mol. The van der Waals surface area contributed by atoms with Crippen molar-refractivity contribution in [3.63, 3.8) is 0 Å². The average Bonchev–Trinajstić information content (AvgIpc) is 3.04. The molecular formula is C20H27NO3S. The van der Waals surface area contributed by atoms with Gasteiger partial charge in [0, 0.05) is 17.2 Å². The Labute approximate surface area is 155 Å². The number of benzene rings is 1. The van der Waals surface area contributed by atoms with E-state index in [9.17, 15) is 9.59 Å². The van der Waals surface area contributed by atoms with Crippen molar-refractivity contribution in [2.75, 3.05) is 6.54 Å². The van der Waals surface area contributed by atoms with Gasteiger partial charge >= 0.3 is 5.97 Å². The fraction of sp³-hybridized carbons (Fsp3) is 0.550. The standard InChI is InChI=1S/C20H27NO3S/c1-14(22)16-11-7-8-12-17(16)19(25)21(15-9-5-6-10-15)13-18(23)24-20(2,3)4/h7-8,11-12,15H,5-6,9-10,13H2,1-4H3. The molecule has 0 N–H and O–H groups in total. The van der Waals surface area contributed by atoms with Crippen LogP contribution >= 0.6 is 12.2 Å². The molecule has 2 rings (SSSR count). The number of esters is 1. The van der Waals surface area contributed by atoms with E-state index in [-0.39, 0.29) is 24.3 Å². The van der Waals surface area contributed by atoms with Crippen LogP contribution < -0.4 is 0 Å². The lowest BCUT2D eigenvalue weighted by Gasteiger charge is -2.32. The molecule has 1 aliphatic carbocycles. The smallest absolute Gasteiger partial charge is 0.326 e. The molecule has 0 bridgehead atoms. The number of Topliss-reactive ketones (excluding diaryl/α,β-unsaturated/α-hetero) is 1. The summed E-state index contributed by atoms with van der Waals surface area (Å²) in [4.78, 5) is 26.9. The predicted molar refractivity (Wildman–Crippen MR) is 103 cm³/mol. The van der Waals surface area contributed by atoms with Crippen LogP contribution in [0.2, 0.25) is 0 Å². The number of thiocarbonyl (C=S) groups is 1.